The molecule has 0 amide bonds. The summed E-state index contributed by atoms with van der Waals surface area (Å²) in [5, 5.41) is 9.65. The fraction of sp³-hybridized carbons (Fsp3) is 0.222. The van der Waals surface area contributed by atoms with Crippen molar-refractivity contribution in [1.82, 2.24) is 0 Å². The Hall–Kier alpha value is -1.02. The van der Waals surface area contributed by atoms with Crippen LogP contribution in [0.15, 0.2) is 12.1 Å². The minimum atomic E-state index is 0.0639. The molecule has 0 bridgehead atoms. The summed E-state index contributed by atoms with van der Waals surface area (Å²) in [6, 6.07) is 2.95. The van der Waals surface area contributed by atoms with Crippen LogP contribution < -0.4 is 0 Å². The van der Waals surface area contributed by atoms with Crippen LogP contribution in [0, 0.1) is 0 Å². The molecule has 0 saturated carbocycles. The highest BCUT2D eigenvalue weighted by Crippen LogP contribution is 2.32. The zero-order valence-electron chi connectivity index (χ0n) is 6.30. The van der Waals surface area contributed by atoms with E-state index in [9.17, 15) is 4.79 Å². The molecule has 0 aliphatic heterocycles. The van der Waals surface area contributed by atoms with Gasteiger partial charge in [0.25, 0.3) is 0 Å². The van der Waals surface area contributed by atoms with Gasteiger partial charge in [0, 0.05) is 17.0 Å². The predicted molar refractivity (Wildman–Crippen MR) is 45.8 cm³/mol. The summed E-state index contributed by atoms with van der Waals surface area (Å²) >= 11 is 5.83. The number of phenols is 1. The number of carbonyl (C=O) groups is 1. The first-order valence-electron chi connectivity index (χ1n) is 3.73. The third-order valence-electron chi connectivity index (χ3n) is 2.08. The molecular weight excluding hydrogens is 176 g/mol. The molecule has 1 aromatic rings. The smallest absolute Gasteiger partial charge is 0.163 e. The van der Waals surface area contributed by atoms with Gasteiger partial charge in [0.05, 0.1) is 0 Å². The standard InChI is InChI=1S/C9H7ClO2/c10-8-4-5(11)3-7-6(8)1-2-9(7)12/h3-4,11H,1-2H2. The lowest BCUT2D eigenvalue weighted by Crippen LogP contribution is -1.90. The van der Waals surface area contributed by atoms with Crippen molar-refractivity contribution < 1.29 is 9.90 Å². The molecule has 1 aromatic carbocycles. The quantitative estimate of drug-likeness (QED) is 0.668. The summed E-state index contributed by atoms with van der Waals surface area (Å²) in [6.45, 7) is 0. The van der Waals surface area contributed by atoms with Crippen molar-refractivity contribution in [3.05, 3.63) is 28.3 Å². The normalized spacial score (nSPS) is 14.9. The molecule has 2 nitrogen and oxygen atoms in total. The SMILES string of the molecule is O=C1CCc2c(Cl)cc(O)cc21. The third kappa shape index (κ3) is 0.994. The van der Waals surface area contributed by atoms with Crippen LogP contribution in [0.5, 0.6) is 5.75 Å². The molecule has 2 rings (SSSR count). The van der Waals surface area contributed by atoms with Crippen LogP contribution in [0.4, 0.5) is 0 Å². The summed E-state index contributed by atoms with van der Waals surface area (Å²) < 4.78 is 0. The molecule has 0 radical (unpaired) electrons. The number of carbonyl (C=O) groups excluding carboxylic acids is 1. The van der Waals surface area contributed by atoms with Crippen molar-refractivity contribution in [2.75, 3.05) is 0 Å². The van der Waals surface area contributed by atoms with E-state index in [0.717, 1.165) is 5.56 Å². The van der Waals surface area contributed by atoms with Crippen LogP contribution >= 0.6 is 11.6 Å². The Balaban J connectivity index is 2.68. The zero-order valence-corrected chi connectivity index (χ0v) is 7.06. The lowest BCUT2D eigenvalue weighted by atomic mass is 10.1. The maximum absolute atomic E-state index is 11.2. The van der Waals surface area contributed by atoms with Crippen molar-refractivity contribution in [1.29, 1.82) is 0 Å². The van der Waals surface area contributed by atoms with Gasteiger partial charge in [-0.05, 0) is 24.1 Å². The summed E-state index contributed by atoms with van der Waals surface area (Å²) in [6.07, 6.45) is 1.21. The second kappa shape index (κ2) is 2.49. The number of Topliss-reactive ketones (excluding diaryl/α,β-unsaturated/α-hetero) is 1. The number of hydrogen-bond acceptors (Lipinski definition) is 2. The number of benzene rings is 1. The lowest BCUT2D eigenvalue weighted by Gasteiger charge is -2.00. The van der Waals surface area contributed by atoms with E-state index in [1.165, 1.54) is 12.1 Å². The van der Waals surface area contributed by atoms with Gasteiger partial charge < -0.3 is 5.11 Å². The molecule has 3 heteroatoms. The van der Waals surface area contributed by atoms with Crippen LogP contribution in [0.25, 0.3) is 0 Å². The fourth-order valence-electron chi connectivity index (χ4n) is 1.50. The third-order valence-corrected chi connectivity index (χ3v) is 2.42. The number of hydrogen-bond donors (Lipinski definition) is 1. The molecule has 1 N–H and O–H groups in total. The first kappa shape index (κ1) is 7.62. The average Bonchev–Trinajstić information content (AvgIpc) is 2.33. The van der Waals surface area contributed by atoms with Gasteiger partial charge in [-0.15, -0.1) is 0 Å². The minimum absolute atomic E-state index is 0.0639. The van der Waals surface area contributed by atoms with Gasteiger partial charge in [-0.3, -0.25) is 4.79 Å². The molecular formula is C9H7ClO2. The Bertz CT molecular complexity index is 358. The molecule has 0 saturated heterocycles. The second-order valence-corrected chi connectivity index (χ2v) is 3.28. The molecule has 1 aliphatic carbocycles. The van der Waals surface area contributed by atoms with Gasteiger partial charge in [-0.1, -0.05) is 11.6 Å². The molecule has 0 heterocycles. The average molecular weight is 183 g/mol. The van der Waals surface area contributed by atoms with Crippen molar-refractivity contribution in [3.8, 4) is 5.75 Å². The van der Waals surface area contributed by atoms with Gasteiger partial charge in [0.1, 0.15) is 5.75 Å². The summed E-state index contributed by atoms with van der Waals surface area (Å²) in [7, 11) is 0. The lowest BCUT2D eigenvalue weighted by molar-refractivity contribution is 0.0994. The highest BCUT2D eigenvalue weighted by Gasteiger charge is 2.22. The van der Waals surface area contributed by atoms with E-state index in [4.69, 9.17) is 16.7 Å². The molecule has 0 unspecified atom stereocenters. The second-order valence-electron chi connectivity index (χ2n) is 2.88. The summed E-state index contributed by atoms with van der Waals surface area (Å²) in [5.74, 6) is 0.136. The van der Waals surface area contributed by atoms with Gasteiger partial charge in [-0.2, -0.15) is 0 Å². The van der Waals surface area contributed by atoms with Crippen LogP contribution in [0.2, 0.25) is 5.02 Å². The van der Waals surface area contributed by atoms with E-state index in [1.54, 1.807) is 0 Å². The molecule has 62 valence electrons. The van der Waals surface area contributed by atoms with Crippen molar-refractivity contribution >= 4 is 17.4 Å². The number of aromatic hydroxyl groups is 1. The van der Waals surface area contributed by atoms with Crippen LogP contribution in [-0.4, -0.2) is 10.9 Å². The minimum Gasteiger partial charge on any atom is -0.508 e. The fourth-order valence-corrected chi connectivity index (χ4v) is 1.81. The van der Waals surface area contributed by atoms with E-state index < -0.39 is 0 Å². The predicted octanol–water partition coefficient (Wildman–Crippen LogP) is 2.17. The number of rotatable bonds is 0. The van der Waals surface area contributed by atoms with Gasteiger partial charge >= 0.3 is 0 Å². The van der Waals surface area contributed by atoms with Gasteiger partial charge in [0.15, 0.2) is 5.78 Å². The Morgan fingerprint density at radius 1 is 1.33 bits per heavy atom. The molecule has 0 fully saturated rings. The Kier molecular flexibility index (Phi) is 1.58. The molecule has 0 spiro atoms. The van der Waals surface area contributed by atoms with E-state index in [0.29, 0.717) is 23.4 Å². The first-order valence-corrected chi connectivity index (χ1v) is 4.11. The van der Waals surface area contributed by atoms with Crippen LogP contribution in [-0.2, 0) is 6.42 Å². The molecule has 0 atom stereocenters. The number of halogens is 1. The number of phenolic OH excluding ortho intramolecular Hbond substituents is 1. The Morgan fingerprint density at radius 2 is 2.08 bits per heavy atom. The van der Waals surface area contributed by atoms with E-state index >= 15 is 0 Å². The molecule has 12 heavy (non-hydrogen) atoms. The highest BCUT2D eigenvalue weighted by molar-refractivity contribution is 6.32. The highest BCUT2D eigenvalue weighted by atomic mass is 35.5. The monoisotopic (exact) mass is 182 g/mol. The van der Waals surface area contributed by atoms with Crippen molar-refractivity contribution in [2.24, 2.45) is 0 Å². The van der Waals surface area contributed by atoms with E-state index in [-0.39, 0.29) is 11.5 Å². The summed E-state index contributed by atoms with van der Waals surface area (Å²) in [5.41, 5.74) is 1.46. The van der Waals surface area contributed by atoms with E-state index in [1.807, 2.05) is 0 Å². The molecule has 0 aromatic heterocycles. The summed E-state index contributed by atoms with van der Waals surface area (Å²) in [4.78, 5) is 11.2. The van der Waals surface area contributed by atoms with Crippen LogP contribution in [0.1, 0.15) is 22.3 Å². The van der Waals surface area contributed by atoms with E-state index in [2.05, 4.69) is 0 Å². The Morgan fingerprint density at radius 3 is 2.83 bits per heavy atom. The van der Waals surface area contributed by atoms with Crippen molar-refractivity contribution in [2.45, 2.75) is 12.8 Å². The number of fused-ring (bicyclic) bond motifs is 1. The topological polar surface area (TPSA) is 37.3 Å². The van der Waals surface area contributed by atoms with Gasteiger partial charge in [-0.25, -0.2) is 0 Å². The van der Waals surface area contributed by atoms with Gasteiger partial charge in [0.2, 0.25) is 0 Å². The molecule has 1 aliphatic rings. The van der Waals surface area contributed by atoms with Crippen LogP contribution in [0.3, 0.4) is 0 Å². The largest absolute Gasteiger partial charge is 0.508 e. The maximum Gasteiger partial charge on any atom is 0.163 e. The van der Waals surface area contributed by atoms with Crippen molar-refractivity contribution in [3.63, 3.8) is 0 Å². The number of ketones is 1. The zero-order chi connectivity index (χ0) is 8.72. The first-order chi connectivity index (χ1) is 5.68. The maximum atomic E-state index is 11.2. The Labute approximate surface area is 74.8 Å².